The zero-order valence-corrected chi connectivity index (χ0v) is 11.7. The number of rotatable bonds is 6. The topological polar surface area (TPSA) is 77.8 Å². The van der Waals surface area contributed by atoms with Crippen molar-refractivity contribution in [2.45, 2.75) is 12.5 Å². The van der Waals surface area contributed by atoms with Gasteiger partial charge in [0.15, 0.2) is 0 Å². The first kappa shape index (κ1) is 15.0. The highest BCUT2D eigenvalue weighted by Gasteiger charge is 2.26. The minimum absolute atomic E-state index is 0.0922. The Morgan fingerprint density at radius 2 is 1.76 bits per heavy atom. The van der Waals surface area contributed by atoms with Crippen LogP contribution in [0.25, 0.3) is 10.8 Å². The molecule has 0 aromatic heterocycles. The van der Waals surface area contributed by atoms with Crippen LogP contribution in [0.15, 0.2) is 42.5 Å². The predicted octanol–water partition coefficient (Wildman–Crippen LogP) is 2.37. The molecular formula is C16H17NO4. The van der Waals surface area contributed by atoms with Gasteiger partial charge >= 0.3 is 11.9 Å². The molecule has 0 aliphatic heterocycles. The first-order valence-corrected chi connectivity index (χ1v) is 6.63. The third-order valence-electron chi connectivity index (χ3n) is 3.47. The molecule has 0 saturated carbocycles. The van der Waals surface area contributed by atoms with Gasteiger partial charge < -0.3 is 10.2 Å². The van der Waals surface area contributed by atoms with Crippen LogP contribution in [-0.4, -0.2) is 40.6 Å². The van der Waals surface area contributed by atoms with Crippen molar-refractivity contribution >= 4 is 22.7 Å². The van der Waals surface area contributed by atoms with Gasteiger partial charge in [0, 0.05) is 6.54 Å². The fourth-order valence-corrected chi connectivity index (χ4v) is 2.45. The third-order valence-corrected chi connectivity index (χ3v) is 3.47. The van der Waals surface area contributed by atoms with Gasteiger partial charge in [-0.25, -0.2) is 0 Å². The Kier molecular flexibility index (Phi) is 4.55. The van der Waals surface area contributed by atoms with Crippen molar-refractivity contribution in [3.63, 3.8) is 0 Å². The highest BCUT2D eigenvalue weighted by atomic mass is 16.4. The van der Waals surface area contributed by atoms with Crippen molar-refractivity contribution in [3.05, 3.63) is 48.0 Å². The minimum atomic E-state index is -0.987. The number of nitrogens with zero attached hydrogens (tertiary/aromatic N) is 1. The summed E-state index contributed by atoms with van der Waals surface area (Å²) in [5.74, 6) is -1.93. The highest BCUT2D eigenvalue weighted by Crippen LogP contribution is 2.28. The van der Waals surface area contributed by atoms with E-state index in [0.717, 1.165) is 10.8 Å². The Labute approximate surface area is 122 Å². The van der Waals surface area contributed by atoms with Crippen LogP contribution in [0.3, 0.4) is 0 Å². The normalized spacial score (nSPS) is 12.5. The lowest BCUT2D eigenvalue weighted by Crippen LogP contribution is -2.32. The maximum atomic E-state index is 11.6. The van der Waals surface area contributed by atoms with Crippen LogP contribution in [0, 0.1) is 0 Å². The number of benzene rings is 2. The molecule has 21 heavy (non-hydrogen) atoms. The molecular weight excluding hydrogens is 270 g/mol. The molecule has 0 radical (unpaired) electrons. The van der Waals surface area contributed by atoms with Crippen LogP contribution >= 0.6 is 0 Å². The molecule has 0 bridgehead atoms. The first-order chi connectivity index (χ1) is 10.0. The molecule has 2 aromatic carbocycles. The average Bonchev–Trinajstić information content (AvgIpc) is 2.45. The molecule has 5 heteroatoms. The molecule has 0 amide bonds. The van der Waals surface area contributed by atoms with Gasteiger partial charge in [0.2, 0.25) is 0 Å². The lowest BCUT2D eigenvalue weighted by Gasteiger charge is -2.25. The van der Waals surface area contributed by atoms with Gasteiger partial charge in [-0.05, 0) is 23.4 Å². The molecule has 0 spiro atoms. The Morgan fingerprint density at radius 1 is 1.10 bits per heavy atom. The van der Waals surface area contributed by atoms with E-state index in [9.17, 15) is 14.7 Å². The quantitative estimate of drug-likeness (QED) is 0.853. The van der Waals surface area contributed by atoms with Gasteiger partial charge in [0.25, 0.3) is 0 Å². The molecule has 110 valence electrons. The molecule has 0 fully saturated rings. The predicted molar refractivity (Wildman–Crippen MR) is 79.2 cm³/mol. The second kappa shape index (κ2) is 6.37. The first-order valence-electron chi connectivity index (χ1n) is 6.63. The number of hydrogen-bond donors (Lipinski definition) is 2. The number of carboxylic acid groups (broad SMARTS) is 2. The summed E-state index contributed by atoms with van der Waals surface area (Å²) in [4.78, 5) is 23.9. The lowest BCUT2D eigenvalue weighted by atomic mass is 9.98. The monoisotopic (exact) mass is 287 g/mol. The van der Waals surface area contributed by atoms with Crippen LogP contribution in [0.2, 0.25) is 0 Å². The zero-order valence-electron chi connectivity index (χ0n) is 11.7. The second-order valence-corrected chi connectivity index (χ2v) is 4.93. The van der Waals surface area contributed by atoms with Crippen molar-refractivity contribution in [3.8, 4) is 0 Å². The van der Waals surface area contributed by atoms with Crippen LogP contribution in [0.5, 0.6) is 0 Å². The molecule has 0 heterocycles. The Bertz CT molecular complexity index is 663. The van der Waals surface area contributed by atoms with E-state index < -0.39 is 18.0 Å². The number of aliphatic carboxylic acids is 2. The van der Waals surface area contributed by atoms with Gasteiger partial charge in [-0.1, -0.05) is 42.5 Å². The summed E-state index contributed by atoms with van der Waals surface area (Å²) in [5.41, 5.74) is 0.675. The molecule has 0 aliphatic rings. The molecule has 2 aromatic rings. The summed E-state index contributed by atoms with van der Waals surface area (Å²) < 4.78 is 0. The maximum absolute atomic E-state index is 11.6. The molecule has 0 aliphatic carbocycles. The number of fused-ring (bicyclic) bond motifs is 1. The van der Waals surface area contributed by atoms with Crippen molar-refractivity contribution in [2.75, 3.05) is 13.6 Å². The van der Waals surface area contributed by atoms with E-state index in [1.54, 1.807) is 18.0 Å². The van der Waals surface area contributed by atoms with E-state index in [0.29, 0.717) is 5.56 Å². The molecule has 2 N–H and O–H groups in total. The summed E-state index contributed by atoms with van der Waals surface area (Å²) in [6, 6.07) is 12.2. The van der Waals surface area contributed by atoms with Crippen molar-refractivity contribution < 1.29 is 19.8 Å². The fraction of sp³-hybridized carbons (Fsp3) is 0.250. The fourth-order valence-electron chi connectivity index (χ4n) is 2.45. The number of carbonyl (C=O) groups is 2. The van der Waals surface area contributed by atoms with E-state index in [2.05, 4.69) is 0 Å². The number of likely N-dealkylation sites (N-methyl/N-ethyl adjacent to an activating group) is 1. The molecule has 1 atom stereocenters. The lowest BCUT2D eigenvalue weighted by molar-refractivity contribution is -0.144. The zero-order chi connectivity index (χ0) is 15.4. The summed E-state index contributed by atoms with van der Waals surface area (Å²) in [6.07, 6.45) is -0.0922. The van der Waals surface area contributed by atoms with Crippen molar-refractivity contribution in [2.24, 2.45) is 0 Å². The minimum Gasteiger partial charge on any atom is -0.481 e. The van der Waals surface area contributed by atoms with Crippen LogP contribution < -0.4 is 0 Å². The Balaban J connectivity index is 2.41. The van der Waals surface area contributed by atoms with E-state index in [1.807, 2.05) is 36.4 Å². The maximum Gasteiger partial charge on any atom is 0.325 e. The van der Waals surface area contributed by atoms with Gasteiger partial charge in [-0.3, -0.25) is 14.5 Å². The standard InChI is InChI=1S/C16H17NO4/c1-17(10-9-14(18)19)15(16(20)21)13-8-4-6-11-5-2-3-7-12(11)13/h2-8,15H,9-10H2,1H3,(H,18,19)(H,20,21). The Hall–Kier alpha value is -2.40. The van der Waals surface area contributed by atoms with E-state index in [1.165, 1.54) is 0 Å². The van der Waals surface area contributed by atoms with E-state index in [4.69, 9.17) is 5.11 Å². The van der Waals surface area contributed by atoms with Gasteiger partial charge in [-0.15, -0.1) is 0 Å². The molecule has 2 rings (SSSR count). The van der Waals surface area contributed by atoms with Crippen LogP contribution in [0.4, 0.5) is 0 Å². The van der Waals surface area contributed by atoms with Crippen LogP contribution in [0.1, 0.15) is 18.0 Å². The van der Waals surface area contributed by atoms with Gasteiger partial charge in [-0.2, -0.15) is 0 Å². The van der Waals surface area contributed by atoms with Gasteiger partial charge in [0.1, 0.15) is 6.04 Å². The molecule has 1 unspecified atom stereocenters. The summed E-state index contributed by atoms with van der Waals surface area (Å²) >= 11 is 0. The second-order valence-electron chi connectivity index (χ2n) is 4.93. The van der Waals surface area contributed by atoms with Crippen molar-refractivity contribution in [1.82, 2.24) is 4.90 Å². The largest absolute Gasteiger partial charge is 0.481 e. The van der Waals surface area contributed by atoms with E-state index in [-0.39, 0.29) is 13.0 Å². The SMILES string of the molecule is CN(CCC(=O)O)C(C(=O)O)c1cccc2ccccc12. The highest BCUT2D eigenvalue weighted by molar-refractivity contribution is 5.90. The summed E-state index contributed by atoms with van der Waals surface area (Å²) in [7, 11) is 1.63. The number of carboxylic acids is 2. The average molecular weight is 287 g/mol. The number of hydrogen-bond acceptors (Lipinski definition) is 3. The summed E-state index contributed by atoms with van der Waals surface area (Å²) in [6.45, 7) is 0.176. The Morgan fingerprint density at radius 3 is 2.43 bits per heavy atom. The van der Waals surface area contributed by atoms with Crippen molar-refractivity contribution in [1.29, 1.82) is 0 Å². The van der Waals surface area contributed by atoms with Gasteiger partial charge in [0.05, 0.1) is 6.42 Å². The molecule has 5 nitrogen and oxygen atoms in total. The summed E-state index contributed by atoms with van der Waals surface area (Å²) in [5, 5.41) is 20.1. The van der Waals surface area contributed by atoms with E-state index >= 15 is 0 Å². The molecule has 0 saturated heterocycles. The smallest absolute Gasteiger partial charge is 0.325 e. The third kappa shape index (κ3) is 3.38. The van der Waals surface area contributed by atoms with Crippen LogP contribution in [-0.2, 0) is 9.59 Å².